The molecule has 2 nitrogen and oxygen atoms in total. The number of carbonyl (C=O) groups is 1. The van der Waals surface area contributed by atoms with E-state index in [-0.39, 0.29) is 0 Å². The lowest BCUT2D eigenvalue weighted by atomic mass is 10.0. The number of thiophene rings is 1. The molecule has 0 saturated heterocycles. The summed E-state index contributed by atoms with van der Waals surface area (Å²) in [7, 11) is 5.61. The van der Waals surface area contributed by atoms with Crippen molar-refractivity contribution in [2.75, 3.05) is 0 Å². The summed E-state index contributed by atoms with van der Waals surface area (Å²) in [5, 5.41) is 0.981. The molecule has 2 aromatic heterocycles. The summed E-state index contributed by atoms with van der Waals surface area (Å²) in [6.45, 7) is 0. The van der Waals surface area contributed by atoms with Gasteiger partial charge < -0.3 is 0 Å². The molecule has 0 atom stereocenters. The molecule has 2 radical (unpaired) electrons. The van der Waals surface area contributed by atoms with Crippen LogP contribution in [0.1, 0.15) is 9.67 Å². The third-order valence-electron chi connectivity index (χ3n) is 1.60. The second-order valence-electron chi connectivity index (χ2n) is 2.38. The maximum absolute atomic E-state index is 10.4. The first-order chi connectivity index (χ1) is 5.81. The van der Waals surface area contributed by atoms with E-state index < -0.39 is 0 Å². The van der Waals surface area contributed by atoms with Gasteiger partial charge in [-0.05, 0) is 17.5 Å². The van der Waals surface area contributed by atoms with Crippen LogP contribution in [0.25, 0.3) is 10.1 Å². The Balaban J connectivity index is 2.82. The quantitative estimate of drug-likeness (QED) is 0.473. The smallest absolute Gasteiger partial charge is 0.160 e. The molecule has 0 saturated carbocycles. The van der Waals surface area contributed by atoms with Crippen molar-refractivity contribution in [1.82, 2.24) is 4.98 Å². The highest BCUT2D eigenvalue weighted by Crippen LogP contribution is 2.21. The summed E-state index contributed by atoms with van der Waals surface area (Å²) < 4.78 is 0.889. The van der Waals surface area contributed by atoms with Gasteiger partial charge in [-0.1, -0.05) is 0 Å². The van der Waals surface area contributed by atoms with Gasteiger partial charge in [-0.2, -0.15) is 0 Å². The minimum atomic E-state index is 0.491. The summed E-state index contributed by atoms with van der Waals surface area (Å²) in [5.74, 6) is 0. The van der Waals surface area contributed by atoms with E-state index in [0.717, 1.165) is 16.4 Å². The molecule has 0 aliphatic rings. The lowest BCUT2D eigenvalue weighted by molar-refractivity contribution is 0.112. The molecule has 0 bridgehead atoms. The Morgan fingerprint density at radius 1 is 1.58 bits per heavy atom. The van der Waals surface area contributed by atoms with Crippen LogP contribution in [0.5, 0.6) is 0 Å². The van der Waals surface area contributed by atoms with Gasteiger partial charge in [0.05, 0.1) is 4.88 Å². The van der Waals surface area contributed by atoms with Crippen molar-refractivity contribution in [2.45, 2.75) is 0 Å². The number of aromatic nitrogens is 1. The van der Waals surface area contributed by atoms with Crippen LogP contribution in [0, 0.1) is 0 Å². The van der Waals surface area contributed by atoms with Gasteiger partial charge in [-0.25, -0.2) is 0 Å². The lowest BCUT2D eigenvalue weighted by Crippen LogP contribution is -2.05. The molecule has 4 heteroatoms. The molecule has 0 aliphatic heterocycles. The van der Waals surface area contributed by atoms with Crippen LogP contribution >= 0.6 is 11.3 Å². The number of nitrogens with zero attached hydrogens (tertiary/aromatic N) is 1. The van der Waals surface area contributed by atoms with E-state index in [0.29, 0.717) is 10.5 Å². The van der Waals surface area contributed by atoms with Gasteiger partial charge in [0, 0.05) is 16.5 Å². The highest BCUT2D eigenvalue weighted by atomic mass is 32.1. The van der Waals surface area contributed by atoms with Gasteiger partial charge in [0.1, 0.15) is 7.85 Å². The Labute approximate surface area is 74.7 Å². The van der Waals surface area contributed by atoms with Crippen molar-refractivity contribution in [1.29, 1.82) is 0 Å². The van der Waals surface area contributed by atoms with E-state index in [1.54, 1.807) is 6.20 Å². The Hall–Kier alpha value is -1.16. The van der Waals surface area contributed by atoms with E-state index in [9.17, 15) is 4.79 Å². The summed E-state index contributed by atoms with van der Waals surface area (Å²) in [6, 6.07) is 3.65. The number of pyridine rings is 1. The number of rotatable bonds is 1. The average Bonchev–Trinajstić information content (AvgIpc) is 2.49. The maximum Gasteiger partial charge on any atom is 0.160 e. The number of aldehydes is 1. The summed E-state index contributed by atoms with van der Waals surface area (Å²) in [6.07, 6.45) is 2.46. The summed E-state index contributed by atoms with van der Waals surface area (Å²) in [4.78, 5) is 15.0. The zero-order valence-electron chi connectivity index (χ0n) is 6.15. The third kappa shape index (κ3) is 1.04. The molecule has 2 aromatic rings. The van der Waals surface area contributed by atoms with Gasteiger partial charge in [0.15, 0.2) is 6.29 Å². The minimum Gasteiger partial charge on any atom is -0.297 e. The molecule has 56 valence electrons. The zero-order chi connectivity index (χ0) is 8.55. The Bertz CT molecular complexity index is 438. The molecule has 0 aromatic carbocycles. The second kappa shape index (κ2) is 2.71. The van der Waals surface area contributed by atoms with Gasteiger partial charge in [0.25, 0.3) is 0 Å². The molecule has 0 fully saturated rings. The molecule has 2 heterocycles. The molecular weight excluding hydrogens is 169 g/mol. The topological polar surface area (TPSA) is 30.0 Å². The molecule has 0 aliphatic carbocycles. The van der Waals surface area contributed by atoms with Crippen molar-refractivity contribution in [3.8, 4) is 0 Å². The summed E-state index contributed by atoms with van der Waals surface area (Å²) in [5.41, 5.74) is 0.491. The standard InChI is InChI=1S/C8H4BNOS/c9-8-7-5(1-2-10-8)3-6(4-11)12-7/h1-4H. The van der Waals surface area contributed by atoms with Crippen molar-refractivity contribution in [3.05, 3.63) is 23.2 Å². The molecule has 2 rings (SSSR count). The average molecular weight is 173 g/mol. The summed E-state index contributed by atoms with van der Waals surface area (Å²) >= 11 is 1.37. The second-order valence-corrected chi connectivity index (χ2v) is 3.46. The van der Waals surface area contributed by atoms with Gasteiger partial charge >= 0.3 is 0 Å². The van der Waals surface area contributed by atoms with Crippen molar-refractivity contribution in [3.63, 3.8) is 0 Å². The van der Waals surface area contributed by atoms with Crippen molar-refractivity contribution in [2.24, 2.45) is 0 Å². The molecule has 12 heavy (non-hydrogen) atoms. The van der Waals surface area contributed by atoms with Gasteiger partial charge in [-0.15, -0.1) is 11.3 Å². The van der Waals surface area contributed by atoms with Crippen LogP contribution < -0.4 is 5.59 Å². The van der Waals surface area contributed by atoms with Crippen LogP contribution in [0.15, 0.2) is 18.3 Å². The third-order valence-corrected chi connectivity index (χ3v) is 2.70. The Morgan fingerprint density at radius 2 is 2.42 bits per heavy atom. The normalized spacial score (nSPS) is 10.3. The van der Waals surface area contributed by atoms with E-state index >= 15 is 0 Å². The lowest BCUT2D eigenvalue weighted by Gasteiger charge is -1.91. The number of hydrogen-bond acceptors (Lipinski definition) is 3. The fourth-order valence-electron chi connectivity index (χ4n) is 1.06. The molecular formula is C8H4BNOS. The van der Waals surface area contributed by atoms with Crippen LogP contribution in [-0.4, -0.2) is 19.1 Å². The van der Waals surface area contributed by atoms with Crippen LogP contribution in [-0.2, 0) is 0 Å². The largest absolute Gasteiger partial charge is 0.297 e. The first-order valence-electron chi connectivity index (χ1n) is 3.40. The molecule has 0 unspecified atom stereocenters. The Kier molecular flexibility index (Phi) is 1.69. The molecule has 0 spiro atoms. The predicted octanol–water partition coefficient (Wildman–Crippen LogP) is 0.903. The van der Waals surface area contributed by atoms with Crippen LogP contribution in [0.2, 0.25) is 0 Å². The highest BCUT2D eigenvalue weighted by Gasteiger charge is 2.02. The predicted molar refractivity (Wildman–Crippen MR) is 50.4 cm³/mol. The van der Waals surface area contributed by atoms with Gasteiger partial charge in [0.2, 0.25) is 0 Å². The fourth-order valence-corrected chi connectivity index (χ4v) is 1.94. The number of hydrogen-bond donors (Lipinski definition) is 0. The first kappa shape index (κ1) is 7.49. The van der Waals surface area contributed by atoms with E-state index in [2.05, 4.69) is 4.98 Å². The first-order valence-corrected chi connectivity index (χ1v) is 4.22. The molecule has 0 amide bonds. The van der Waals surface area contributed by atoms with E-state index in [1.165, 1.54) is 11.3 Å². The van der Waals surface area contributed by atoms with E-state index in [1.807, 2.05) is 12.1 Å². The molecule has 0 N–H and O–H groups in total. The van der Waals surface area contributed by atoms with Gasteiger partial charge in [-0.3, -0.25) is 9.78 Å². The minimum absolute atomic E-state index is 0.491. The van der Waals surface area contributed by atoms with Crippen LogP contribution in [0.4, 0.5) is 0 Å². The number of carbonyl (C=O) groups excluding carboxylic acids is 1. The highest BCUT2D eigenvalue weighted by molar-refractivity contribution is 7.21. The zero-order valence-corrected chi connectivity index (χ0v) is 6.97. The number of fused-ring (bicyclic) bond motifs is 1. The SMILES string of the molecule is [B]c1nccc2cc(C=O)sc12. The van der Waals surface area contributed by atoms with Crippen molar-refractivity contribution >= 4 is 41.1 Å². The Morgan fingerprint density at radius 3 is 3.08 bits per heavy atom. The van der Waals surface area contributed by atoms with Crippen molar-refractivity contribution < 1.29 is 4.79 Å². The fraction of sp³-hybridized carbons (Fsp3) is 0. The monoisotopic (exact) mass is 173 g/mol. The maximum atomic E-state index is 10.4. The van der Waals surface area contributed by atoms with E-state index in [4.69, 9.17) is 7.85 Å². The van der Waals surface area contributed by atoms with Crippen LogP contribution in [0.3, 0.4) is 0 Å².